The number of hydrogen-bond acceptors (Lipinski definition) is 6. The number of aromatic amines is 1. The highest BCUT2D eigenvalue weighted by molar-refractivity contribution is 7.17. The Morgan fingerprint density at radius 2 is 2.12 bits per heavy atom. The van der Waals surface area contributed by atoms with E-state index in [-0.39, 0.29) is 0 Å². The molecule has 6 nitrogen and oxygen atoms in total. The van der Waals surface area contributed by atoms with E-state index in [1.54, 1.807) is 17.5 Å². The number of H-pyrrole nitrogens is 1. The molecular weight excluding hydrogens is 334 g/mol. The summed E-state index contributed by atoms with van der Waals surface area (Å²) in [5.41, 5.74) is 9.04. The van der Waals surface area contributed by atoms with Crippen LogP contribution in [0.5, 0.6) is 5.75 Å². The van der Waals surface area contributed by atoms with Crippen LogP contribution in [0.4, 0.5) is 5.82 Å². The molecule has 0 aliphatic carbocycles. The summed E-state index contributed by atoms with van der Waals surface area (Å²) in [5.74, 6) is 2.79. The standard InChI is InChI=1S/C18H17N5OS/c1-10-3-4-12(18-21-11(2)22-23-18)7-14(10)24-8-13-9-25-15-5-6-20-17(19)16(13)15/h3-7,9H,8H2,1-2H3,(H2,19,20)(H,21,22,23). The van der Waals surface area contributed by atoms with E-state index >= 15 is 0 Å². The van der Waals surface area contributed by atoms with Crippen LogP contribution in [0.1, 0.15) is 17.0 Å². The Bertz CT molecular complexity index is 1050. The van der Waals surface area contributed by atoms with Gasteiger partial charge in [0, 0.05) is 27.4 Å². The lowest BCUT2D eigenvalue weighted by atomic mass is 10.1. The van der Waals surface area contributed by atoms with Crippen molar-refractivity contribution >= 4 is 27.2 Å². The van der Waals surface area contributed by atoms with E-state index in [0.29, 0.717) is 18.2 Å². The van der Waals surface area contributed by atoms with E-state index in [1.807, 2.05) is 38.1 Å². The summed E-state index contributed by atoms with van der Waals surface area (Å²) in [5, 5.41) is 10.1. The van der Waals surface area contributed by atoms with Crippen LogP contribution in [-0.4, -0.2) is 20.2 Å². The lowest BCUT2D eigenvalue weighted by molar-refractivity contribution is 0.306. The fraction of sp³-hybridized carbons (Fsp3) is 0.167. The highest BCUT2D eigenvalue weighted by Crippen LogP contribution is 2.31. The Morgan fingerprint density at radius 3 is 2.92 bits per heavy atom. The van der Waals surface area contributed by atoms with Gasteiger partial charge < -0.3 is 10.5 Å². The van der Waals surface area contributed by atoms with Gasteiger partial charge >= 0.3 is 0 Å². The summed E-state index contributed by atoms with van der Waals surface area (Å²) >= 11 is 1.65. The molecule has 0 saturated carbocycles. The molecule has 3 aromatic heterocycles. The van der Waals surface area contributed by atoms with Gasteiger partial charge in [-0.15, -0.1) is 11.3 Å². The van der Waals surface area contributed by atoms with Crippen molar-refractivity contribution in [2.24, 2.45) is 0 Å². The monoisotopic (exact) mass is 351 g/mol. The number of anilines is 1. The second kappa shape index (κ2) is 6.18. The number of pyridine rings is 1. The first-order chi connectivity index (χ1) is 12.1. The fourth-order valence-corrected chi connectivity index (χ4v) is 3.65. The summed E-state index contributed by atoms with van der Waals surface area (Å²) in [7, 11) is 0. The van der Waals surface area contributed by atoms with Crippen molar-refractivity contribution in [3.05, 3.63) is 52.8 Å². The van der Waals surface area contributed by atoms with Crippen LogP contribution in [-0.2, 0) is 6.61 Å². The zero-order valence-corrected chi connectivity index (χ0v) is 14.7. The topological polar surface area (TPSA) is 89.7 Å². The molecule has 0 unspecified atom stereocenters. The van der Waals surface area contributed by atoms with Crippen molar-refractivity contribution in [1.82, 2.24) is 20.2 Å². The van der Waals surface area contributed by atoms with Gasteiger partial charge in [-0.3, -0.25) is 5.10 Å². The Balaban J connectivity index is 1.62. The summed E-state index contributed by atoms with van der Waals surface area (Å²) in [6.45, 7) is 4.33. The smallest absolute Gasteiger partial charge is 0.181 e. The molecule has 0 radical (unpaired) electrons. The first-order valence-electron chi connectivity index (χ1n) is 7.85. The third kappa shape index (κ3) is 2.94. The molecule has 4 aromatic rings. The Labute approximate surface area is 148 Å². The summed E-state index contributed by atoms with van der Waals surface area (Å²) in [6, 6.07) is 7.94. The number of nitrogens with two attached hydrogens (primary N) is 1. The number of benzene rings is 1. The minimum Gasteiger partial charge on any atom is -0.489 e. The molecular formula is C18H17N5OS. The highest BCUT2D eigenvalue weighted by Gasteiger charge is 2.11. The predicted octanol–water partition coefficient (Wildman–Crippen LogP) is 3.86. The van der Waals surface area contributed by atoms with Crippen LogP contribution < -0.4 is 10.5 Å². The van der Waals surface area contributed by atoms with Gasteiger partial charge in [0.1, 0.15) is 24.0 Å². The predicted molar refractivity (Wildman–Crippen MR) is 99.7 cm³/mol. The van der Waals surface area contributed by atoms with Crippen molar-refractivity contribution in [2.75, 3.05) is 5.73 Å². The van der Waals surface area contributed by atoms with Gasteiger partial charge in [-0.1, -0.05) is 12.1 Å². The third-order valence-electron chi connectivity index (χ3n) is 4.02. The zero-order chi connectivity index (χ0) is 17.4. The average molecular weight is 351 g/mol. The average Bonchev–Trinajstić information content (AvgIpc) is 3.21. The highest BCUT2D eigenvalue weighted by atomic mass is 32.1. The van der Waals surface area contributed by atoms with Gasteiger partial charge in [0.25, 0.3) is 0 Å². The molecule has 0 amide bonds. The summed E-state index contributed by atoms with van der Waals surface area (Å²) in [6.07, 6.45) is 1.73. The Hall–Kier alpha value is -2.93. The van der Waals surface area contributed by atoms with Gasteiger partial charge in [-0.2, -0.15) is 5.10 Å². The number of fused-ring (bicyclic) bond motifs is 1. The SMILES string of the molecule is Cc1nc(-c2ccc(C)c(OCc3csc4ccnc(N)c34)c2)n[nH]1. The first kappa shape index (κ1) is 15.6. The molecule has 3 N–H and O–H groups in total. The van der Waals surface area contributed by atoms with E-state index in [2.05, 4.69) is 25.5 Å². The normalized spacial score (nSPS) is 11.1. The van der Waals surface area contributed by atoms with E-state index < -0.39 is 0 Å². The zero-order valence-electron chi connectivity index (χ0n) is 13.9. The maximum absolute atomic E-state index is 6.07. The largest absolute Gasteiger partial charge is 0.489 e. The molecule has 25 heavy (non-hydrogen) atoms. The van der Waals surface area contributed by atoms with Crippen molar-refractivity contribution < 1.29 is 4.74 Å². The van der Waals surface area contributed by atoms with Gasteiger partial charge in [0.2, 0.25) is 0 Å². The number of aromatic nitrogens is 4. The van der Waals surface area contributed by atoms with Crippen LogP contribution in [0.15, 0.2) is 35.8 Å². The van der Waals surface area contributed by atoms with Crippen LogP contribution in [0.25, 0.3) is 21.5 Å². The molecule has 0 aliphatic heterocycles. The fourth-order valence-electron chi connectivity index (χ4n) is 2.70. The Kier molecular flexibility index (Phi) is 3.85. The van der Waals surface area contributed by atoms with E-state index in [9.17, 15) is 0 Å². The molecule has 4 rings (SSSR count). The van der Waals surface area contributed by atoms with Crippen LogP contribution in [0, 0.1) is 13.8 Å². The molecule has 0 aliphatic rings. The van der Waals surface area contributed by atoms with E-state index in [0.717, 1.165) is 38.4 Å². The van der Waals surface area contributed by atoms with Crippen molar-refractivity contribution in [3.8, 4) is 17.1 Å². The van der Waals surface area contributed by atoms with Gasteiger partial charge in [-0.25, -0.2) is 9.97 Å². The van der Waals surface area contributed by atoms with Gasteiger partial charge in [0.05, 0.1) is 0 Å². The molecule has 7 heteroatoms. The maximum Gasteiger partial charge on any atom is 0.181 e. The Morgan fingerprint density at radius 1 is 1.24 bits per heavy atom. The van der Waals surface area contributed by atoms with Crippen LogP contribution in [0.2, 0.25) is 0 Å². The lowest BCUT2D eigenvalue weighted by Gasteiger charge is -2.10. The lowest BCUT2D eigenvalue weighted by Crippen LogP contribution is -1.99. The molecule has 126 valence electrons. The van der Waals surface area contributed by atoms with Crippen LogP contribution >= 0.6 is 11.3 Å². The van der Waals surface area contributed by atoms with Crippen LogP contribution in [0.3, 0.4) is 0 Å². The number of aryl methyl sites for hydroxylation is 2. The molecule has 1 aromatic carbocycles. The number of nitrogens with one attached hydrogen (secondary N) is 1. The number of hydrogen-bond donors (Lipinski definition) is 2. The second-order valence-corrected chi connectivity index (χ2v) is 6.75. The van der Waals surface area contributed by atoms with Crippen molar-refractivity contribution in [1.29, 1.82) is 0 Å². The molecule has 0 spiro atoms. The third-order valence-corrected chi connectivity index (χ3v) is 5.01. The minimum atomic E-state index is 0.438. The number of nitrogen functional groups attached to an aromatic ring is 1. The molecule has 0 atom stereocenters. The van der Waals surface area contributed by atoms with Crippen molar-refractivity contribution in [2.45, 2.75) is 20.5 Å². The maximum atomic E-state index is 6.07. The summed E-state index contributed by atoms with van der Waals surface area (Å²) < 4.78 is 7.19. The molecule has 0 saturated heterocycles. The molecule has 0 bridgehead atoms. The summed E-state index contributed by atoms with van der Waals surface area (Å²) in [4.78, 5) is 8.55. The van der Waals surface area contributed by atoms with Gasteiger partial charge in [0.15, 0.2) is 5.82 Å². The van der Waals surface area contributed by atoms with E-state index in [4.69, 9.17) is 10.5 Å². The number of thiophene rings is 1. The van der Waals surface area contributed by atoms with Crippen molar-refractivity contribution in [3.63, 3.8) is 0 Å². The second-order valence-electron chi connectivity index (χ2n) is 5.84. The first-order valence-corrected chi connectivity index (χ1v) is 8.73. The molecule has 3 heterocycles. The quantitative estimate of drug-likeness (QED) is 0.583. The number of nitrogens with zero attached hydrogens (tertiary/aromatic N) is 3. The molecule has 0 fully saturated rings. The minimum absolute atomic E-state index is 0.438. The van der Waals surface area contributed by atoms with Gasteiger partial charge in [-0.05, 0) is 36.9 Å². The van der Waals surface area contributed by atoms with E-state index in [1.165, 1.54) is 0 Å². The number of ether oxygens (including phenoxy) is 1. The number of rotatable bonds is 4.